The summed E-state index contributed by atoms with van der Waals surface area (Å²) in [4.78, 5) is 0. The van der Waals surface area contributed by atoms with Gasteiger partial charge in [0.25, 0.3) is 0 Å². The lowest BCUT2D eigenvalue weighted by Crippen LogP contribution is -2.14. The van der Waals surface area contributed by atoms with Crippen LogP contribution in [0.4, 0.5) is 0 Å². The number of allylic oxidation sites excluding steroid dienone is 1. The van der Waals surface area contributed by atoms with Crippen LogP contribution in [-0.2, 0) is 6.42 Å². The summed E-state index contributed by atoms with van der Waals surface area (Å²) in [6, 6.07) is 75.8. The normalized spacial score (nSPS) is 12.3. The zero-order valence-corrected chi connectivity index (χ0v) is 36.4. The number of fused-ring (bicyclic) bond motifs is 9. The molecule has 0 saturated carbocycles. The molecular weight excluding hydrogens is 815 g/mol. The fraction of sp³-hybridized carbons (Fsp3) is 0.0323. The predicted molar refractivity (Wildman–Crippen MR) is 275 cm³/mol. The molecule has 0 bridgehead atoms. The quantitative estimate of drug-likeness (QED) is 0.167. The van der Waals surface area contributed by atoms with Gasteiger partial charge in [-0.15, -0.1) is 0 Å². The molecule has 0 unspecified atom stereocenters. The molecule has 0 amide bonds. The highest BCUT2D eigenvalue weighted by Crippen LogP contribution is 2.55. The van der Waals surface area contributed by atoms with Crippen molar-refractivity contribution in [2.45, 2.75) is 12.8 Å². The maximum absolute atomic E-state index is 10.8. The first kappa shape index (κ1) is 38.3. The SMILES string of the molecule is N#Cc1cc(C#N)cc(-c2c(-n3c4c(c5ccccc53)C=CCC4)c(-c3ccccc3)c(-n3c4ccccc4c4ccccc43)c(-c3ccccc3)c2-n2c3ccccc3c3ccccc32)c1. The number of hydrogen-bond acceptors (Lipinski definition) is 2. The van der Waals surface area contributed by atoms with E-state index in [9.17, 15) is 10.5 Å². The van der Waals surface area contributed by atoms with Crippen molar-refractivity contribution in [2.75, 3.05) is 0 Å². The number of para-hydroxylation sites is 5. The Labute approximate surface area is 387 Å². The number of rotatable bonds is 6. The first-order valence-corrected chi connectivity index (χ1v) is 22.8. The van der Waals surface area contributed by atoms with E-state index in [1.165, 1.54) is 16.6 Å². The Bertz CT molecular complexity index is 3970. The molecule has 0 spiro atoms. The fourth-order valence-corrected chi connectivity index (χ4v) is 11.1. The fourth-order valence-electron chi connectivity index (χ4n) is 11.1. The average molecular weight is 854 g/mol. The molecule has 5 nitrogen and oxygen atoms in total. The second-order valence-electron chi connectivity index (χ2n) is 17.3. The molecule has 1 aliphatic rings. The van der Waals surface area contributed by atoms with Gasteiger partial charge in [0.1, 0.15) is 0 Å². The summed E-state index contributed by atoms with van der Waals surface area (Å²) >= 11 is 0. The zero-order chi connectivity index (χ0) is 44.6. The Morgan fingerprint density at radius 2 is 0.716 bits per heavy atom. The Kier molecular flexibility index (Phi) is 8.71. The van der Waals surface area contributed by atoms with Crippen LogP contribution in [0.15, 0.2) is 206 Å². The predicted octanol–water partition coefficient (Wildman–Crippen LogP) is 15.5. The highest BCUT2D eigenvalue weighted by Gasteiger charge is 2.34. The smallest absolute Gasteiger partial charge is 0.0992 e. The van der Waals surface area contributed by atoms with Gasteiger partial charge >= 0.3 is 0 Å². The van der Waals surface area contributed by atoms with E-state index >= 15 is 0 Å². The van der Waals surface area contributed by atoms with Crippen LogP contribution in [-0.4, -0.2) is 13.7 Å². The Morgan fingerprint density at radius 1 is 0.358 bits per heavy atom. The third-order valence-electron chi connectivity index (χ3n) is 13.7. The third-order valence-corrected chi connectivity index (χ3v) is 13.7. The zero-order valence-electron chi connectivity index (χ0n) is 36.4. The van der Waals surface area contributed by atoms with Crippen molar-refractivity contribution in [3.63, 3.8) is 0 Å². The van der Waals surface area contributed by atoms with Crippen LogP contribution in [0.1, 0.15) is 28.8 Å². The second kappa shape index (κ2) is 15.2. The van der Waals surface area contributed by atoms with Crippen molar-refractivity contribution in [1.82, 2.24) is 13.7 Å². The van der Waals surface area contributed by atoms with Crippen molar-refractivity contribution < 1.29 is 0 Å². The maximum Gasteiger partial charge on any atom is 0.0992 e. The number of aromatic nitrogens is 3. The topological polar surface area (TPSA) is 62.4 Å². The van der Waals surface area contributed by atoms with Crippen LogP contribution in [0.2, 0.25) is 0 Å². The lowest BCUT2D eigenvalue weighted by Gasteiger charge is -2.31. The van der Waals surface area contributed by atoms with Crippen molar-refractivity contribution in [3.8, 4) is 62.6 Å². The molecule has 12 aromatic rings. The second-order valence-corrected chi connectivity index (χ2v) is 17.3. The van der Waals surface area contributed by atoms with Crippen LogP contribution < -0.4 is 0 Å². The Hall–Kier alpha value is -9.16. The van der Waals surface area contributed by atoms with E-state index in [-0.39, 0.29) is 0 Å². The molecule has 0 radical (unpaired) electrons. The summed E-state index contributed by atoms with van der Waals surface area (Å²) in [7, 11) is 0. The van der Waals surface area contributed by atoms with E-state index in [1.54, 1.807) is 6.07 Å². The van der Waals surface area contributed by atoms with Crippen LogP contribution in [0.5, 0.6) is 0 Å². The molecule has 13 rings (SSSR count). The van der Waals surface area contributed by atoms with Crippen LogP contribution in [0, 0.1) is 22.7 Å². The number of benzene rings is 9. The van der Waals surface area contributed by atoms with Gasteiger partial charge < -0.3 is 13.7 Å². The van der Waals surface area contributed by atoms with Gasteiger partial charge in [0.15, 0.2) is 0 Å². The van der Waals surface area contributed by atoms with E-state index in [4.69, 9.17) is 0 Å². The van der Waals surface area contributed by atoms with E-state index in [2.05, 4.69) is 220 Å². The highest BCUT2D eigenvalue weighted by atomic mass is 15.1. The van der Waals surface area contributed by atoms with Gasteiger partial charge in [-0.25, -0.2) is 0 Å². The van der Waals surface area contributed by atoms with E-state index in [1.807, 2.05) is 12.1 Å². The van der Waals surface area contributed by atoms with E-state index in [0.29, 0.717) is 11.1 Å². The molecule has 0 aliphatic heterocycles. The minimum atomic E-state index is 0.421. The molecule has 0 atom stereocenters. The molecule has 3 aromatic heterocycles. The maximum atomic E-state index is 10.8. The largest absolute Gasteiger partial charge is 0.312 e. The third kappa shape index (κ3) is 5.72. The molecule has 312 valence electrons. The number of hydrogen-bond donors (Lipinski definition) is 0. The molecule has 0 saturated heterocycles. The van der Waals surface area contributed by atoms with Gasteiger partial charge in [-0.2, -0.15) is 10.5 Å². The van der Waals surface area contributed by atoms with Crippen molar-refractivity contribution in [1.29, 1.82) is 10.5 Å². The minimum absolute atomic E-state index is 0.421. The lowest BCUT2D eigenvalue weighted by atomic mass is 9.85. The van der Waals surface area contributed by atoms with Gasteiger partial charge in [-0.3, -0.25) is 0 Å². The van der Waals surface area contributed by atoms with E-state index < -0.39 is 0 Å². The summed E-state index contributed by atoms with van der Waals surface area (Å²) in [6.45, 7) is 0. The van der Waals surface area contributed by atoms with Crippen LogP contribution in [0.25, 0.3) is 111 Å². The summed E-state index contributed by atoms with van der Waals surface area (Å²) < 4.78 is 7.49. The minimum Gasteiger partial charge on any atom is -0.312 e. The van der Waals surface area contributed by atoms with Crippen LogP contribution in [0.3, 0.4) is 0 Å². The molecule has 0 N–H and O–H groups in total. The van der Waals surface area contributed by atoms with Crippen molar-refractivity contribution in [3.05, 3.63) is 229 Å². The number of nitrogens with zero attached hydrogens (tertiary/aromatic N) is 5. The van der Waals surface area contributed by atoms with E-state index in [0.717, 1.165) is 112 Å². The Balaban J connectivity index is 1.43. The molecular formula is C62H39N5. The summed E-state index contributed by atoms with van der Waals surface area (Å²) in [5, 5.41) is 27.3. The van der Waals surface area contributed by atoms with Gasteiger partial charge in [0, 0.05) is 54.9 Å². The highest BCUT2D eigenvalue weighted by molar-refractivity contribution is 6.16. The molecule has 67 heavy (non-hydrogen) atoms. The monoisotopic (exact) mass is 853 g/mol. The van der Waals surface area contributed by atoms with Gasteiger partial charge in [0.2, 0.25) is 0 Å². The standard InChI is InChI=1S/C62H39N5/c63-38-40-35-41(39-64)37-44(36-40)59-61(66-53-31-15-9-25-47(53)48-26-10-16-32-54(48)66)57(42-19-3-1-4-20-42)60(65-51-29-13-7-23-45(51)46-24-8-14-30-52(46)65)58(43-21-5-2-6-22-43)62(59)67-55-33-17-11-27-49(55)50-28-12-18-34-56(50)67/h1-17,19-33,35-37H,18,34H2. The molecule has 5 heteroatoms. The molecule has 1 aliphatic carbocycles. The van der Waals surface area contributed by atoms with Gasteiger partial charge in [-0.1, -0.05) is 164 Å². The van der Waals surface area contributed by atoms with Crippen molar-refractivity contribution >= 4 is 60.6 Å². The summed E-state index contributed by atoms with van der Waals surface area (Å²) in [5.41, 5.74) is 17.4. The molecule has 9 aromatic carbocycles. The van der Waals surface area contributed by atoms with Gasteiger partial charge in [-0.05, 0) is 78.1 Å². The lowest BCUT2D eigenvalue weighted by molar-refractivity contribution is 0.888. The Morgan fingerprint density at radius 3 is 1.15 bits per heavy atom. The van der Waals surface area contributed by atoms with Crippen LogP contribution >= 0.6 is 0 Å². The summed E-state index contributed by atoms with van der Waals surface area (Å²) in [5.74, 6) is 0. The van der Waals surface area contributed by atoms with Crippen molar-refractivity contribution in [2.24, 2.45) is 0 Å². The first-order valence-electron chi connectivity index (χ1n) is 22.8. The molecule has 0 fully saturated rings. The van der Waals surface area contributed by atoms with Gasteiger partial charge in [0.05, 0.1) is 67.9 Å². The summed E-state index contributed by atoms with van der Waals surface area (Å²) in [6.07, 6.45) is 6.30. The molecule has 3 heterocycles. The number of nitriles is 2. The first-order chi connectivity index (χ1) is 33.2. The average Bonchev–Trinajstić information content (AvgIpc) is 4.04.